The van der Waals surface area contributed by atoms with Crippen molar-refractivity contribution in [2.75, 3.05) is 19.6 Å². The molecule has 1 aliphatic carbocycles. The third kappa shape index (κ3) is 2.76. The Morgan fingerprint density at radius 2 is 1.76 bits per heavy atom. The van der Waals surface area contributed by atoms with Crippen molar-refractivity contribution in [1.29, 1.82) is 0 Å². The maximum absolute atomic E-state index is 12.5. The Balaban J connectivity index is 1.59. The maximum atomic E-state index is 12.5. The van der Waals surface area contributed by atoms with E-state index in [0.717, 1.165) is 12.8 Å². The van der Waals surface area contributed by atoms with Gasteiger partial charge in [-0.15, -0.1) is 0 Å². The first kappa shape index (κ1) is 14.4. The van der Waals surface area contributed by atoms with Gasteiger partial charge in [-0.25, -0.2) is 0 Å². The molecule has 1 saturated carbocycles. The Hall–Kier alpha value is -1.59. The van der Waals surface area contributed by atoms with E-state index in [0.29, 0.717) is 38.5 Å². The third-order valence-electron chi connectivity index (χ3n) is 5.12. The fourth-order valence-corrected chi connectivity index (χ4v) is 3.89. The average molecular weight is 294 g/mol. The molecule has 0 aromatic heterocycles. The van der Waals surface area contributed by atoms with Gasteiger partial charge in [0, 0.05) is 32.1 Å². The Bertz CT molecular complexity index is 459. The lowest BCUT2D eigenvalue weighted by Crippen LogP contribution is -2.38. The van der Waals surface area contributed by atoms with Gasteiger partial charge < -0.3 is 14.9 Å². The molecule has 3 fully saturated rings. The van der Waals surface area contributed by atoms with Crippen LogP contribution in [0.4, 0.5) is 0 Å². The summed E-state index contributed by atoms with van der Waals surface area (Å²) in [6.07, 6.45) is 5.26. The van der Waals surface area contributed by atoms with Gasteiger partial charge in [-0.05, 0) is 19.3 Å². The van der Waals surface area contributed by atoms with Gasteiger partial charge in [-0.2, -0.15) is 0 Å². The molecule has 2 heterocycles. The Kier molecular flexibility index (Phi) is 3.87. The Labute approximate surface area is 124 Å². The van der Waals surface area contributed by atoms with E-state index in [2.05, 4.69) is 0 Å². The number of likely N-dealkylation sites (tertiary alicyclic amines) is 2. The molecule has 2 amide bonds. The summed E-state index contributed by atoms with van der Waals surface area (Å²) >= 11 is 0. The number of amides is 2. The maximum Gasteiger partial charge on any atom is 0.308 e. The minimum Gasteiger partial charge on any atom is -0.481 e. The molecule has 6 heteroatoms. The van der Waals surface area contributed by atoms with Gasteiger partial charge in [0.2, 0.25) is 11.8 Å². The molecule has 3 aliphatic rings. The van der Waals surface area contributed by atoms with Crippen LogP contribution in [0.1, 0.15) is 38.5 Å². The van der Waals surface area contributed by atoms with E-state index >= 15 is 0 Å². The summed E-state index contributed by atoms with van der Waals surface area (Å²) in [5.74, 6) is -1.50. The van der Waals surface area contributed by atoms with Crippen molar-refractivity contribution in [2.24, 2.45) is 11.8 Å². The van der Waals surface area contributed by atoms with Gasteiger partial charge in [0.05, 0.1) is 11.8 Å². The van der Waals surface area contributed by atoms with Crippen LogP contribution in [0.2, 0.25) is 0 Å². The number of carboxylic acid groups (broad SMARTS) is 1. The van der Waals surface area contributed by atoms with Crippen molar-refractivity contribution in [3.05, 3.63) is 0 Å². The second kappa shape index (κ2) is 5.66. The van der Waals surface area contributed by atoms with Crippen LogP contribution >= 0.6 is 0 Å². The van der Waals surface area contributed by atoms with Crippen molar-refractivity contribution >= 4 is 17.8 Å². The third-order valence-corrected chi connectivity index (χ3v) is 5.12. The number of carbonyl (C=O) groups excluding carboxylic acids is 2. The number of carboxylic acids is 1. The fourth-order valence-electron chi connectivity index (χ4n) is 3.89. The molecule has 2 saturated heterocycles. The largest absolute Gasteiger partial charge is 0.481 e. The summed E-state index contributed by atoms with van der Waals surface area (Å²) in [4.78, 5) is 39.1. The minimum absolute atomic E-state index is 0.0346. The molecule has 0 aromatic carbocycles. The van der Waals surface area contributed by atoms with Crippen LogP contribution in [0.3, 0.4) is 0 Å². The highest BCUT2D eigenvalue weighted by molar-refractivity contribution is 5.90. The summed E-state index contributed by atoms with van der Waals surface area (Å²) in [6.45, 7) is 1.32. The zero-order valence-corrected chi connectivity index (χ0v) is 12.2. The Morgan fingerprint density at radius 3 is 2.38 bits per heavy atom. The number of hydrogen-bond acceptors (Lipinski definition) is 3. The smallest absolute Gasteiger partial charge is 0.308 e. The van der Waals surface area contributed by atoms with Crippen molar-refractivity contribution in [3.63, 3.8) is 0 Å². The predicted molar refractivity (Wildman–Crippen MR) is 74.4 cm³/mol. The van der Waals surface area contributed by atoms with Gasteiger partial charge in [0.1, 0.15) is 0 Å². The van der Waals surface area contributed by atoms with Crippen molar-refractivity contribution in [3.8, 4) is 0 Å². The van der Waals surface area contributed by atoms with Gasteiger partial charge in [0.15, 0.2) is 0 Å². The lowest BCUT2D eigenvalue weighted by atomic mass is 10.1. The molecular formula is C15H22N2O4. The van der Waals surface area contributed by atoms with Gasteiger partial charge in [-0.3, -0.25) is 14.4 Å². The van der Waals surface area contributed by atoms with Crippen LogP contribution in [0, 0.1) is 11.8 Å². The second-order valence-corrected chi connectivity index (χ2v) is 6.49. The summed E-state index contributed by atoms with van der Waals surface area (Å²) in [5.41, 5.74) is 0. The Morgan fingerprint density at radius 1 is 1.05 bits per heavy atom. The predicted octanol–water partition coefficient (Wildman–Crippen LogP) is 0.711. The minimum atomic E-state index is -0.833. The van der Waals surface area contributed by atoms with E-state index in [4.69, 9.17) is 5.11 Å². The summed E-state index contributed by atoms with van der Waals surface area (Å²) in [7, 11) is 0. The van der Waals surface area contributed by atoms with Crippen LogP contribution in [0.15, 0.2) is 0 Å². The molecule has 3 rings (SSSR count). The van der Waals surface area contributed by atoms with Crippen LogP contribution in [0.5, 0.6) is 0 Å². The lowest BCUT2D eigenvalue weighted by Gasteiger charge is -2.25. The average Bonchev–Trinajstić information content (AvgIpc) is 3.18. The topological polar surface area (TPSA) is 77.9 Å². The lowest BCUT2D eigenvalue weighted by molar-refractivity contribution is -0.141. The van der Waals surface area contributed by atoms with E-state index in [9.17, 15) is 14.4 Å². The highest BCUT2D eigenvalue weighted by Crippen LogP contribution is 2.31. The first-order valence-corrected chi connectivity index (χ1v) is 7.87. The van der Waals surface area contributed by atoms with E-state index in [1.165, 1.54) is 12.8 Å². The number of hydrogen-bond donors (Lipinski definition) is 1. The molecule has 0 radical (unpaired) electrons. The number of aliphatic carboxylic acids is 1. The first-order valence-electron chi connectivity index (χ1n) is 7.87. The molecule has 1 N–H and O–H groups in total. The standard InChI is InChI=1S/C15H22N2O4/c18-13-7-11(9-17(13)12-3-1-2-4-12)14(19)16-6-5-10(8-16)15(20)21/h10-12H,1-9H2,(H,20,21)/t10-,11+/m0/s1. The molecule has 116 valence electrons. The molecule has 2 aliphatic heterocycles. The van der Waals surface area contributed by atoms with Gasteiger partial charge in [-0.1, -0.05) is 12.8 Å². The molecule has 0 spiro atoms. The molecular weight excluding hydrogens is 272 g/mol. The SMILES string of the molecule is O=C(O)[C@H]1CCN(C(=O)[C@@H]2CC(=O)N(C3CCCC3)C2)C1. The summed E-state index contributed by atoms with van der Waals surface area (Å²) in [5, 5.41) is 9.01. The molecule has 2 atom stereocenters. The highest BCUT2D eigenvalue weighted by Gasteiger charge is 2.42. The number of carbonyl (C=O) groups is 3. The normalized spacial score (nSPS) is 30.4. The van der Waals surface area contributed by atoms with E-state index in [1.807, 2.05) is 4.90 Å². The van der Waals surface area contributed by atoms with Crippen LogP contribution in [-0.4, -0.2) is 58.4 Å². The quantitative estimate of drug-likeness (QED) is 0.831. The molecule has 21 heavy (non-hydrogen) atoms. The summed E-state index contributed by atoms with van der Waals surface area (Å²) in [6, 6.07) is 0.320. The number of rotatable bonds is 3. The molecule has 0 unspecified atom stereocenters. The first-order chi connectivity index (χ1) is 10.1. The van der Waals surface area contributed by atoms with Gasteiger partial charge >= 0.3 is 5.97 Å². The van der Waals surface area contributed by atoms with Gasteiger partial charge in [0.25, 0.3) is 0 Å². The molecule has 0 bridgehead atoms. The van der Waals surface area contributed by atoms with Crippen LogP contribution < -0.4 is 0 Å². The highest BCUT2D eigenvalue weighted by atomic mass is 16.4. The van der Waals surface area contributed by atoms with E-state index < -0.39 is 11.9 Å². The summed E-state index contributed by atoms with van der Waals surface area (Å²) < 4.78 is 0. The van der Waals surface area contributed by atoms with E-state index in [1.54, 1.807) is 4.90 Å². The second-order valence-electron chi connectivity index (χ2n) is 6.49. The zero-order chi connectivity index (χ0) is 15.0. The zero-order valence-electron chi connectivity index (χ0n) is 12.2. The van der Waals surface area contributed by atoms with Crippen molar-refractivity contribution in [2.45, 2.75) is 44.6 Å². The van der Waals surface area contributed by atoms with Crippen LogP contribution in [0.25, 0.3) is 0 Å². The monoisotopic (exact) mass is 294 g/mol. The molecule has 6 nitrogen and oxygen atoms in total. The number of nitrogens with zero attached hydrogens (tertiary/aromatic N) is 2. The van der Waals surface area contributed by atoms with Crippen LogP contribution in [-0.2, 0) is 14.4 Å². The van der Waals surface area contributed by atoms with Crippen molar-refractivity contribution < 1.29 is 19.5 Å². The van der Waals surface area contributed by atoms with E-state index in [-0.39, 0.29) is 17.7 Å². The van der Waals surface area contributed by atoms with Crippen molar-refractivity contribution in [1.82, 2.24) is 9.80 Å². The fraction of sp³-hybridized carbons (Fsp3) is 0.800. The molecule has 0 aromatic rings.